The number of ether oxygens (including phenoxy) is 1. The Bertz CT molecular complexity index is 484. The van der Waals surface area contributed by atoms with Crippen LogP contribution in [0.5, 0.6) is 5.06 Å². The van der Waals surface area contributed by atoms with Gasteiger partial charge in [-0.15, -0.1) is 0 Å². The monoisotopic (exact) mass is 297 g/mol. The highest BCUT2D eigenvalue weighted by Gasteiger charge is 2.27. The van der Waals surface area contributed by atoms with Crippen molar-refractivity contribution >= 4 is 22.8 Å². The third-order valence-corrected chi connectivity index (χ3v) is 3.20. The summed E-state index contributed by atoms with van der Waals surface area (Å²) in [5.41, 5.74) is -0.401. The summed E-state index contributed by atoms with van der Waals surface area (Å²) in [6, 6.07) is 1.06. The second-order valence-electron chi connectivity index (χ2n) is 3.66. The van der Waals surface area contributed by atoms with Crippen molar-refractivity contribution in [2.45, 2.75) is 25.9 Å². The zero-order valence-electron chi connectivity index (χ0n) is 9.82. The largest absolute Gasteiger partial charge is 0.479 e. The van der Waals surface area contributed by atoms with Gasteiger partial charge in [0, 0.05) is 12.5 Å². The Kier molecular flexibility index (Phi) is 4.87. The lowest BCUT2D eigenvalue weighted by Gasteiger charge is -2.06. The van der Waals surface area contributed by atoms with Crippen molar-refractivity contribution in [1.82, 2.24) is 0 Å². The summed E-state index contributed by atoms with van der Waals surface area (Å²) in [5, 5.41) is 10.5. The van der Waals surface area contributed by atoms with Crippen LogP contribution in [0.3, 0.4) is 0 Å². The Balaban J connectivity index is 2.67. The molecule has 0 spiro atoms. The molecule has 1 heterocycles. The number of alkyl halides is 3. The van der Waals surface area contributed by atoms with Crippen molar-refractivity contribution in [3.8, 4) is 5.06 Å². The van der Waals surface area contributed by atoms with Gasteiger partial charge in [-0.3, -0.25) is 14.9 Å². The molecule has 0 aliphatic carbocycles. The van der Waals surface area contributed by atoms with Crippen LogP contribution in [0.4, 0.5) is 18.9 Å². The van der Waals surface area contributed by atoms with Crippen molar-refractivity contribution in [2.75, 3.05) is 6.61 Å². The van der Waals surface area contributed by atoms with Crippen molar-refractivity contribution in [1.29, 1.82) is 0 Å². The molecule has 0 saturated carbocycles. The first-order valence-electron chi connectivity index (χ1n) is 5.19. The molecule has 19 heavy (non-hydrogen) atoms. The van der Waals surface area contributed by atoms with Crippen LogP contribution < -0.4 is 4.74 Å². The first kappa shape index (κ1) is 15.4. The van der Waals surface area contributed by atoms with Crippen LogP contribution >= 0.6 is 11.3 Å². The van der Waals surface area contributed by atoms with E-state index >= 15 is 0 Å². The molecule has 0 unspecified atom stereocenters. The van der Waals surface area contributed by atoms with Crippen molar-refractivity contribution in [3.05, 3.63) is 21.1 Å². The Labute approximate surface area is 110 Å². The van der Waals surface area contributed by atoms with E-state index < -0.39 is 23.2 Å². The molecule has 106 valence electrons. The molecule has 0 fully saturated rings. The van der Waals surface area contributed by atoms with Gasteiger partial charge in [0.05, 0.1) is 16.4 Å². The molecule has 1 aromatic heterocycles. The predicted octanol–water partition coefficient (Wildman–Crippen LogP) is 3.58. The number of hydrogen-bond donors (Lipinski definition) is 0. The van der Waals surface area contributed by atoms with Gasteiger partial charge in [0.15, 0.2) is 5.78 Å². The topological polar surface area (TPSA) is 69.4 Å². The van der Waals surface area contributed by atoms with Crippen LogP contribution in [-0.2, 0) is 0 Å². The Morgan fingerprint density at radius 2 is 2.16 bits per heavy atom. The summed E-state index contributed by atoms with van der Waals surface area (Å²) < 4.78 is 40.6. The fourth-order valence-corrected chi connectivity index (χ4v) is 2.10. The molecule has 0 aromatic carbocycles. The summed E-state index contributed by atoms with van der Waals surface area (Å²) in [6.07, 6.45) is -5.60. The fourth-order valence-electron chi connectivity index (χ4n) is 1.21. The molecule has 0 N–H and O–H groups in total. The highest BCUT2D eigenvalue weighted by atomic mass is 32.1. The predicted molar refractivity (Wildman–Crippen MR) is 61.8 cm³/mol. The number of thiophene rings is 1. The standard InChI is InChI=1S/C10H10F3NO4S/c1-6(15)8-5-7(14(16)17)9(19-8)18-4-2-3-10(11,12)13/h5H,2-4H2,1H3. The Hall–Kier alpha value is -1.64. The molecular formula is C10H10F3NO4S. The molecule has 0 radical (unpaired) electrons. The average molecular weight is 297 g/mol. The van der Waals surface area contributed by atoms with E-state index in [4.69, 9.17) is 4.74 Å². The summed E-state index contributed by atoms with van der Waals surface area (Å²) >= 11 is 0.759. The summed E-state index contributed by atoms with van der Waals surface area (Å²) in [4.78, 5) is 21.2. The molecule has 0 amide bonds. The van der Waals surface area contributed by atoms with Crippen molar-refractivity contribution < 1.29 is 27.6 Å². The van der Waals surface area contributed by atoms with Crippen LogP contribution in [0.2, 0.25) is 0 Å². The molecule has 1 aromatic rings. The normalized spacial score (nSPS) is 11.4. The van der Waals surface area contributed by atoms with Crippen LogP contribution in [0, 0.1) is 10.1 Å². The summed E-state index contributed by atoms with van der Waals surface area (Å²) in [5.74, 6) is -0.363. The average Bonchev–Trinajstić information content (AvgIpc) is 2.67. The maximum Gasteiger partial charge on any atom is 0.389 e. The molecule has 1 rings (SSSR count). The second-order valence-corrected chi connectivity index (χ2v) is 4.68. The maximum atomic E-state index is 11.9. The summed E-state index contributed by atoms with van der Waals surface area (Å²) in [7, 11) is 0. The lowest BCUT2D eigenvalue weighted by atomic mass is 10.3. The number of carbonyl (C=O) groups excluding carboxylic acids is 1. The number of Topliss-reactive ketones (excluding diaryl/α,β-unsaturated/α-hetero) is 1. The van der Waals surface area contributed by atoms with Crippen molar-refractivity contribution in [3.63, 3.8) is 0 Å². The lowest BCUT2D eigenvalue weighted by molar-refractivity contribution is -0.385. The number of carbonyl (C=O) groups is 1. The SMILES string of the molecule is CC(=O)c1cc([N+](=O)[O-])c(OCCCC(F)(F)F)s1. The maximum absolute atomic E-state index is 11.9. The summed E-state index contributed by atoms with van der Waals surface area (Å²) in [6.45, 7) is 0.946. The lowest BCUT2D eigenvalue weighted by Crippen LogP contribution is -2.09. The minimum absolute atomic E-state index is 0.137. The zero-order valence-corrected chi connectivity index (χ0v) is 10.6. The van der Waals surface area contributed by atoms with E-state index in [1.165, 1.54) is 6.92 Å². The van der Waals surface area contributed by atoms with E-state index in [2.05, 4.69) is 0 Å². The van der Waals surface area contributed by atoms with E-state index in [0.717, 1.165) is 17.4 Å². The number of halogens is 3. The number of ketones is 1. The molecule has 5 nitrogen and oxygen atoms in total. The van der Waals surface area contributed by atoms with Gasteiger partial charge in [-0.2, -0.15) is 13.2 Å². The van der Waals surface area contributed by atoms with E-state index in [1.54, 1.807) is 0 Å². The quantitative estimate of drug-likeness (QED) is 0.348. The van der Waals surface area contributed by atoms with Gasteiger partial charge in [-0.1, -0.05) is 11.3 Å². The second kappa shape index (κ2) is 6.00. The van der Waals surface area contributed by atoms with Gasteiger partial charge in [-0.25, -0.2) is 0 Å². The van der Waals surface area contributed by atoms with Crippen LogP contribution in [0.15, 0.2) is 6.07 Å². The highest BCUT2D eigenvalue weighted by molar-refractivity contribution is 7.16. The van der Waals surface area contributed by atoms with Gasteiger partial charge in [0.2, 0.25) is 0 Å². The molecule has 0 aliphatic heterocycles. The zero-order chi connectivity index (χ0) is 14.6. The minimum atomic E-state index is -4.28. The molecule has 9 heteroatoms. The number of nitro groups is 1. The van der Waals surface area contributed by atoms with Crippen LogP contribution in [0.25, 0.3) is 0 Å². The Morgan fingerprint density at radius 1 is 1.53 bits per heavy atom. The van der Waals surface area contributed by atoms with Crippen LogP contribution in [-0.4, -0.2) is 23.5 Å². The third kappa shape index (κ3) is 4.86. The molecule has 0 atom stereocenters. The van der Waals surface area contributed by atoms with Crippen LogP contribution in [0.1, 0.15) is 29.4 Å². The highest BCUT2D eigenvalue weighted by Crippen LogP contribution is 2.37. The molecular weight excluding hydrogens is 287 g/mol. The first-order chi connectivity index (χ1) is 8.70. The fraction of sp³-hybridized carbons (Fsp3) is 0.500. The van der Waals surface area contributed by atoms with Gasteiger partial charge in [-0.05, 0) is 13.3 Å². The van der Waals surface area contributed by atoms with E-state index in [-0.39, 0.29) is 28.8 Å². The van der Waals surface area contributed by atoms with E-state index in [1.807, 2.05) is 0 Å². The smallest absolute Gasteiger partial charge is 0.389 e. The van der Waals surface area contributed by atoms with Gasteiger partial charge in [0.25, 0.3) is 5.06 Å². The third-order valence-electron chi connectivity index (χ3n) is 2.06. The first-order valence-corrected chi connectivity index (χ1v) is 6.01. The molecule has 0 aliphatic rings. The van der Waals surface area contributed by atoms with Gasteiger partial charge < -0.3 is 4.74 Å². The Morgan fingerprint density at radius 3 is 2.63 bits per heavy atom. The number of rotatable bonds is 6. The number of nitrogens with zero attached hydrogens (tertiary/aromatic N) is 1. The van der Waals surface area contributed by atoms with Gasteiger partial charge >= 0.3 is 11.9 Å². The minimum Gasteiger partial charge on any atom is -0.479 e. The number of hydrogen-bond acceptors (Lipinski definition) is 5. The van der Waals surface area contributed by atoms with E-state index in [9.17, 15) is 28.1 Å². The van der Waals surface area contributed by atoms with E-state index in [0.29, 0.717) is 0 Å². The molecule has 0 bridgehead atoms. The van der Waals surface area contributed by atoms with Gasteiger partial charge in [0.1, 0.15) is 0 Å². The molecule has 0 saturated heterocycles. The van der Waals surface area contributed by atoms with Crippen molar-refractivity contribution in [2.24, 2.45) is 0 Å².